The van der Waals surface area contributed by atoms with Crippen LogP contribution in [-0.4, -0.2) is 39.9 Å². The third kappa shape index (κ3) is 5.20. The number of guanidine groups is 1. The molecule has 0 saturated heterocycles. The number of aliphatic imine (C=N–C) groups is 1. The van der Waals surface area contributed by atoms with Gasteiger partial charge in [-0.25, -0.2) is 0 Å². The lowest BCUT2D eigenvalue weighted by atomic mass is 10.1. The Morgan fingerprint density at radius 1 is 1.11 bits per heavy atom. The van der Waals surface area contributed by atoms with Crippen molar-refractivity contribution in [2.75, 3.05) is 33.9 Å². The maximum atomic E-state index is 6.28. The molecule has 0 atom stereocenters. The van der Waals surface area contributed by atoms with Crippen LogP contribution in [0.15, 0.2) is 41.4 Å². The molecule has 2 aromatic carbocycles. The minimum absolute atomic E-state index is 0.532. The van der Waals surface area contributed by atoms with Gasteiger partial charge in [-0.15, -0.1) is 0 Å². The van der Waals surface area contributed by atoms with Crippen LogP contribution in [0.25, 0.3) is 0 Å². The van der Waals surface area contributed by atoms with Crippen LogP contribution in [0.2, 0.25) is 5.02 Å². The lowest BCUT2D eigenvalue weighted by molar-refractivity contribution is 0.171. The predicted molar refractivity (Wildman–Crippen MR) is 107 cm³/mol. The molecule has 1 aliphatic rings. The first-order valence-electron chi connectivity index (χ1n) is 8.85. The van der Waals surface area contributed by atoms with Crippen LogP contribution < -0.4 is 24.8 Å². The van der Waals surface area contributed by atoms with Crippen LogP contribution in [0.5, 0.6) is 17.2 Å². The molecule has 0 radical (unpaired) electrons. The Hall–Kier alpha value is -2.60. The summed E-state index contributed by atoms with van der Waals surface area (Å²) in [5.74, 6) is 2.94. The van der Waals surface area contributed by atoms with E-state index in [9.17, 15) is 0 Å². The molecular formula is C20H24ClN3O3. The molecule has 0 fully saturated rings. The van der Waals surface area contributed by atoms with Crippen molar-refractivity contribution in [1.82, 2.24) is 10.6 Å². The average molecular weight is 390 g/mol. The number of rotatable bonds is 6. The molecule has 144 valence electrons. The van der Waals surface area contributed by atoms with Crippen LogP contribution in [-0.2, 0) is 13.0 Å². The average Bonchev–Trinajstić information content (AvgIpc) is 2.71. The molecule has 0 saturated carbocycles. The maximum absolute atomic E-state index is 6.28. The highest BCUT2D eigenvalue weighted by atomic mass is 35.5. The molecule has 0 aliphatic carbocycles. The molecule has 2 N–H and O–H groups in total. The molecule has 0 aromatic heterocycles. The summed E-state index contributed by atoms with van der Waals surface area (Å²) in [5, 5.41) is 7.19. The van der Waals surface area contributed by atoms with Crippen molar-refractivity contribution < 1.29 is 14.2 Å². The lowest BCUT2D eigenvalue weighted by Gasteiger charge is -2.20. The molecule has 1 aliphatic heterocycles. The summed E-state index contributed by atoms with van der Waals surface area (Å²) in [6.45, 7) is 2.48. The Labute approximate surface area is 164 Å². The van der Waals surface area contributed by atoms with Gasteiger partial charge in [0.2, 0.25) is 0 Å². The fourth-order valence-electron chi connectivity index (χ4n) is 2.78. The number of nitrogens with one attached hydrogen (secondary N) is 2. The number of methoxy groups -OCH3 is 1. The van der Waals surface area contributed by atoms with Gasteiger partial charge in [-0.05, 0) is 41.8 Å². The van der Waals surface area contributed by atoms with Gasteiger partial charge in [-0.2, -0.15) is 0 Å². The second-order valence-electron chi connectivity index (χ2n) is 6.05. The first kappa shape index (κ1) is 19.2. The van der Waals surface area contributed by atoms with Crippen molar-refractivity contribution in [2.45, 2.75) is 13.0 Å². The largest absolute Gasteiger partial charge is 0.497 e. The van der Waals surface area contributed by atoms with Crippen molar-refractivity contribution in [1.29, 1.82) is 0 Å². The molecular weight excluding hydrogens is 366 g/mol. The van der Waals surface area contributed by atoms with E-state index < -0.39 is 0 Å². The number of fused-ring (bicyclic) bond motifs is 1. The first-order chi connectivity index (χ1) is 13.2. The summed E-state index contributed by atoms with van der Waals surface area (Å²) < 4.78 is 16.3. The molecule has 7 heteroatoms. The molecule has 6 nitrogen and oxygen atoms in total. The van der Waals surface area contributed by atoms with Crippen molar-refractivity contribution in [2.24, 2.45) is 4.99 Å². The van der Waals surface area contributed by atoms with E-state index in [-0.39, 0.29) is 0 Å². The standard InChI is InChI=1S/C20H24ClN3O3/c1-22-20(24-13-14-3-5-16(25-2)6-4-14)23-8-7-15-11-17(21)19-18(12-15)26-9-10-27-19/h3-6,11-12H,7-10,13H2,1-2H3,(H2,22,23,24). The highest BCUT2D eigenvalue weighted by Crippen LogP contribution is 2.38. The number of hydrogen-bond donors (Lipinski definition) is 2. The van der Waals surface area contributed by atoms with Crippen LogP contribution in [0.4, 0.5) is 0 Å². The van der Waals surface area contributed by atoms with Crippen molar-refractivity contribution in [3.05, 3.63) is 52.5 Å². The van der Waals surface area contributed by atoms with E-state index in [1.54, 1.807) is 14.2 Å². The summed E-state index contributed by atoms with van der Waals surface area (Å²) in [5.41, 5.74) is 2.24. The maximum Gasteiger partial charge on any atom is 0.191 e. The Morgan fingerprint density at radius 3 is 2.63 bits per heavy atom. The zero-order chi connectivity index (χ0) is 19.1. The molecule has 1 heterocycles. The van der Waals surface area contributed by atoms with E-state index in [4.69, 9.17) is 25.8 Å². The molecule has 2 aromatic rings. The summed E-state index contributed by atoms with van der Waals surface area (Å²) >= 11 is 6.28. The number of benzene rings is 2. The molecule has 0 bridgehead atoms. The van der Waals surface area contributed by atoms with Gasteiger partial charge in [0.15, 0.2) is 17.5 Å². The molecule has 0 spiro atoms. The van der Waals surface area contributed by atoms with Crippen LogP contribution in [0.1, 0.15) is 11.1 Å². The van der Waals surface area contributed by atoms with Gasteiger partial charge in [0, 0.05) is 20.1 Å². The third-order valence-electron chi connectivity index (χ3n) is 4.21. The van der Waals surface area contributed by atoms with Gasteiger partial charge >= 0.3 is 0 Å². The van der Waals surface area contributed by atoms with E-state index in [2.05, 4.69) is 15.6 Å². The smallest absolute Gasteiger partial charge is 0.191 e. The minimum atomic E-state index is 0.532. The first-order valence-corrected chi connectivity index (χ1v) is 9.23. The number of ether oxygens (including phenoxy) is 3. The number of hydrogen-bond acceptors (Lipinski definition) is 4. The normalized spacial score (nSPS) is 13.2. The Bertz CT molecular complexity index is 794. The van der Waals surface area contributed by atoms with E-state index in [1.165, 1.54) is 0 Å². The Morgan fingerprint density at radius 2 is 1.89 bits per heavy atom. The van der Waals surface area contributed by atoms with Gasteiger partial charge in [-0.3, -0.25) is 4.99 Å². The summed E-state index contributed by atoms with van der Waals surface area (Å²) in [7, 11) is 3.41. The highest BCUT2D eigenvalue weighted by Gasteiger charge is 2.16. The zero-order valence-electron chi connectivity index (χ0n) is 15.5. The van der Waals surface area contributed by atoms with Crippen molar-refractivity contribution in [3.8, 4) is 17.2 Å². The summed E-state index contributed by atoms with van der Waals surface area (Å²) in [6, 6.07) is 11.8. The van der Waals surface area contributed by atoms with Gasteiger partial charge in [-0.1, -0.05) is 23.7 Å². The number of nitrogens with zero attached hydrogens (tertiary/aromatic N) is 1. The fraction of sp³-hybridized carbons (Fsp3) is 0.350. The van der Waals surface area contributed by atoms with E-state index >= 15 is 0 Å². The quantitative estimate of drug-likeness (QED) is 0.587. The van der Waals surface area contributed by atoms with Gasteiger partial charge < -0.3 is 24.8 Å². The fourth-order valence-corrected chi connectivity index (χ4v) is 3.07. The van der Waals surface area contributed by atoms with Gasteiger partial charge in [0.1, 0.15) is 19.0 Å². The van der Waals surface area contributed by atoms with Crippen LogP contribution in [0, 0.1) is 0 Å². The topological polar surface area (TPSA) is 64.1 Å². The van der Waals surface area contributed by atoms with Crippen molar-refractivity contribution in [3.63, 3.8) is 0 Å². The van der Waals surface area contributed by atoms with E-state index in [0.29, 0.717) is 36.3 Å². The van der Waals surface area contributed by atoms with Gasteiger partial charge in [0.05, 0.1) is 12.1 Å². The highest BCUT2D eigenvalue weighted by molar-refractivity contribution is 6.32. The predicted octanol–water partition coefficient (Wildman–Crippen LogP) is 3.03. The molecule has 0 unspecified atom stereocenters. The second kappa shape index (κ2) is 9.37. The molecule has 3 rings (SSSR count). The second-order valence-corrected chi connectivity index (χ2v) is 6.46. The van der Waals surface area contributed by atoms with E-state index in [0.717, 1.165) is 35.8 Å². The van der Waals surface area contributed by atoms with Crippen LogP contribution in [0.3, 0.4) is 0 Å². The minimum Gasteiger partial charge on any atom is -0.497 e. The summed E-state index contributed by atoms with van der Waals surface area (Å²) in [6.07, 6.45) is 0.791. The van der Waals surface area contributed by atoms with Crippen molar-refractivity contribution >= 4 is 17.6 Å². The van der Waals surface area contributed by atoms with Gasteiger partial charge in [0.25, 0.3) is 0 Å². The Kier molecular flexibility index (Phi) is 6.65. The molecule has 0 amide bonds. The summed E-state index contributed by atoms with van der Waals surface area (Å²) in [4.78, 5) is 4.25. The molecule has 27 heavy (non-hydrogen) atoms. The third-order valence-corrected chi connectivity index (χ3v) is 4.49. The van der Waals surface area contributed by atoms with Crippen LogP contribution >= 0.6 is 11.6 Å². The Balaban J connectivity index is 1.49. The SMILES string of the molecule is CN=C(NCCc1cc(Cl)c2c(c1)OCCO2)NCc1ccc(OC)cc1. The lowest BCUT2D eigenvalue weighted by Crippen LogP contribution is -2.37. The van der Waals surface area contributed by atoms with E-state index in [1.807, 2.05) is 36.4 Å². The zero-order valence-corrected chi connectivity index (χ0v) is 16.3. The monoisotopic (exact) mass is 389 g/mol. The number of halogens is 1.